The maximum absolute atomic E-state index is 11.9. The number of esters is 2. The van der Waals surface area contributed by atoms with Crippen molar-refractivity contribution < 1.29 is 19.1 Å². The summed E-state index contributed by atoms with van der Waals surface area (Å²) in [6, 6.07) is 1.92. The Labute approximate surface area is 133 Å². The molecule has 3 rings (SSSR count). The van der Waals surface area contributed by atoms with Crippen LogP contribution in [0.4, 0.5) is 0 Å². The molecular weight excluding hydrogens is 298 g/mol. The maximum Gasteiger partial charge on any atom is 0.347 e. The van der Waals surface area contributed by atoms with Gasteiger partial charge in [0.05, 0.1) is 12.3 Å². The zero-order chi connectivity index (χ0) is 16.6. The van der Waals surface area contributed by atoms with Crippen molar-refractivity contribution in [3.8, 4) is 0 Å². The third kappa shape index (κ3) is 3.04. The van der Waals surface area contributed by atoms with Crippen molar-refractivity contribution >= 4 is 17.6 Å². The number of ether oxygens (including phenoxy) is 2. The largest absolute Gasteiger partial charge is 0.463 e. The summed E-state index contributed by atoms with van der Waals surface area (Å²) in [5.41, 5.74) is 4.53. The first-order chi connectivity index (χ1) is 11.0. The highest BCUT2D eigenvalue weighted by Gasteiger charge is 2.30. The molecule has 0 unspecified atom stereocenters. The number of carbonyl (C=O) groups is 2. The number of carbonyl (C=O) groups excluding carboxylic acids is 2. The lowest BCUT2D eigenvalue weighted by molar-refractivity contribution is -0.160. The van der Waals surface area contributed by atoms with Crippen molar-refractivity contribution in [3.63, 3.8) is 0 Å². The Morgan fingerprint density at radius 1 is 1.43 bits per heavy atom. The number of fused-ring (bicyclic) bond motifs is 1. The molecule has 1 aliphatic heterocycles. The molecule has 7 nitrogen and oxygen atoms in total. The highest BCUT2D eigenvalue weighted by Crippen LogP contribution is 2.18. The molecule has 0 aromatic carbocycles. The number of aromatic nitrogens is 3. The van der Waals surface area contributed by atoms with E-state index in [4.69, 9.17) is 9.47 Å². The SMILES string of the molecule is Cc1cc2nc(C)c(CCC(=O)O[C@H]3CCOC3=O)c(C)n2n1. The third-order valence-corrected chi connectivity index (χ3v) is 4.03. The van der Waals surface area contributed by atoms with Crippen LogP contribution in [0.2, 0.25) is 0 Å². The van der Waals surface area contributed by atoms with Crippen LogP contribution in [0.15, 0.2) is 6.07 Å². The first-order valence-corrected chi connectivity index (χ1v) is 7.64. The molecule has 122 valence electrons. The topological polar surface area (TPSA) is 82.8 Å². The van der Waals surface area contributed by atoms with E-state index in [9.17, 15) is 9.59 Å². The Kier molecular flexibility index (Phi) is 4.02. The van der Waals surface area contributed by atoms with Crippen molar-refractivity contribution in [1.29, 1.82) is 0 Å². The maximum atomic E-state index is 11.9. The number of hydrogen-bond acceptors (Lipinski definition) is 6. The Bertz CT molecular complexity index is 781. The first kappa shape index (κ1) is 15.5. The second-order valence-corrected chi connectivity index (χ2v) is 5.75. The van der Waals surface area contributed by atoms with Gasteiger partial charge in [-0.05, 0) is 32.8 Å². The average Bonchev–Trinajstić information content (AvgIpc) is 3.04. The van der Waals surface area contributed by atoms with E-state index < -0.39 is 18.0 Å². The molecule has 2 aromatic heterocycles. The monoisotopic (exact) mass is 317 g/mol. The molecule has 1 atom stereocenters. The lowest BCUT2D eigenvalue weighted by atomic mass is 10.1. The van der Waals surface area contributed by atoms with Crippen molar-refractivity contribution in [1.82, 2.24) is 14.6 Å². The molecule has 0 bridgehead atoms. The van der Waals surface area contributed by atoms with Crippen molar-refractivity contribution in [2.45, 2.75) is 46.1 Å². The molecule has 1 aliphatic rings. The van der Waals surface area contributed by atoms with E-state index in [1.807, 2.05) is 26.8 Å². The fraction of sp³-hybridized carbons (Fsp3) is 0.500. The minimum Gasteiger partial charge on any atom is -0.463 e. The minimum atomic E-state index is -0.751. The number of rotatable bonds is 4. The smallest absolute Gasteiger partial charge is 0.347 e. The van der Waals surface area contributed by atoms with Crippen molar-refractivity contribution in [2.24, 2.45) is 0 Å². The highest BCUT2D eigenvalue weighted by molar-refractivity contribution is 5.80. The molecule has 0 spiro atoms. The van der Waals surface area contributed by atoms with Gasteiger partial charge >= 0.3 is 11.9 Å². The van der Waals surface area contributed by atoms with Crippen LogP contribution in [0, 0.1) is 20.8 Å². The summed E-state index contributed by atoms with van der Waals surface area (Å²) < 4.78 is 11.7. The molecule has 0 saturated carbocycles. The van der Waals surface area contributed by atoms with Crippen LogP contribution in [-0.2, 0) is 25.5 Å². The second-order valence-electron chi connectivity index (χ2n) is 5.75. The van der Waals surface area contributed by atoms with Gasteiger partial charge in [0.15, 0.2) is 5.65 Å². The van der Waals surface area contributed by atoms with Crippen molar-refractivity contribution in [2.75, 3.05) is 6.61 Å². The van der Waals surface area contributed by atoms with Crippen LogP contribution in [0.1, 0.15) is 35.5 Å². The Balaban J connectivity index is 1.71. The predicted molar refractivity (Wildman–Crippen MR) is 81.0 cm³/mol. The Morgan fingerprint density at radius 2 is 2.22 bits per heavy atom. The van der Waals surface area contributed by atoms with Crippen LogP contribution >= 0.6 is 0 Å². The molecule has 7 heteroatoms. The third-order valence-electron chi connectivity index (χ3n) is 4.03. The minimum absolute atomic E-state index is 0.193. The summed E-state index contributed by atoms with van der Waals surface area (Å²) in [5.74, 6) is -0.856. The lowest BCUT2D eigenvalue weighted by Gasteiger charge is -2.12. The molecule has 1 saturated heterocycles. The second kappa shape index (κ2) is 5.98. The molecule has 0 aliphatic carbocycles. The van der Waals surface area contributed by atoms with Gasteiger partial charge in [0.2, 0.25) is 6.10 Å². The summed E-state index contributed by atoms with van der Waals surface area (Å²) in [6.07, 6.45) is 0.376. The van der Waals surface area contributed by atoms with E-state index in [-0.39, 0.29) is 6.42 Å². The lowest BCUT2D eigenvalue weighted by Crippen LogP contribution is -2.23. The van der Waals surface area contributed by atoms with E-state index in [1.54, 1.807) is 4.52 Å². The molecular formula is C16H19N3O4. The number of aryl methyl sites for hydroxylation is 3. The van der Waals surface area contributed by atoms with Crippen LogP contribution in [0.5, 0.6) is 0 Å². The van der Waals surface area contributed by atoms with Crippen LogP contribution in [-0.4, -0.2) is 39.2 Å². The standard InChI is InChI=1S/C16H19N3O4/c1-9-8-14-17-10(2)12(11(3)19(14)18-9)4-5-15(20)23-13-6-7-22-16(13)21/h8,13H,4-7H2,1-3H3/t13-/m0/s1. The van der Waals surface area contributed by atoms with E-state index >= 15 is 0 Å². The highest BCUT2D eigenvalue weighted by atomic mass is 16.6. The van der Waals surface area contributed by atoms with Gasteiger partial charge in [0.1, 0.15) is 0 Å². The summed E-state index contributed by atoms with van der Waals surface area (Å²) in [6.45, 7) is 6.11. The summed E-state index contributed by atoms with van der Waals surface area (Å²) in [5, 5.41) is 4.41. The molecule has 3 heterocycles. The van der Waals surface area contributed by atoms with E-state index in [1.165, 1.54) is 0 Å². The molecule has 1 fully saturated rings. The predicted octanol–water partition coefficient (Wildman–Crippen LogP) is 1.45. The van der Waals surface area contributed by atoms with Gasteiger partial charge in [0, 0.05) is 30.3 Å². The Morgan fingerprint density at radius 3 is 2.91 bits per heavy atom. The zero-order valence-electron chi connectivity index (χ0n) is 13.5. The number of cyclic esters (lactones) is 1. The van der Waals surface area contributed by atoms with Gasteiger partial charge in [-0.25, -0.2) is 14.3 Å². The number of hydrogen-bond donors (Lipinski definition) is 0. The number of nitrogens with zero attached hydrogens (tertiary/aromatic N) is 3. The van der Waals surface area contributed by atoms with Gasteiger partial charge < -0.3 is 9.47 Å². The zero-order valence-corrected chi connectivity index (χ0v) is 13.5. The van der Waals surface area contributed by atoms with Gasteiger partial charge in [-0.15, -0.1) is 0 Å². The molecule has 0 N–H and O–H groups in total. The molecule has 0 amide bonds. The van der Waals surface area contributed by atoms with Gasteiger partial charge in [-0.2, -0.15) is 5.10 Å². The fourth-order valence-corrected chi connectivity index (χ4v) is 2.83. The average molecular weight is 317 g/mol. The quantitative estimate of drug-likeness (QED) is 0.794. The molecule has 23 heavy (non-hydrogen) atoms. The normalized spacial score (nSPS) is 17.5. The van der Waals surface area contributed by atoms with Crippen LogP contribution < -0.4 is 0 Å². The van der Waals surface area contributed by atoms with E-state index in [0.29, 0.717) is 19.4 Å². The van der Waals surface area contributed by atoms with E-state index in [0.717, 1.165) is 28.3 Å². The van der Waals surface area contributed by atoms with Gasteiger partial charge in [-0.3, -0.25) is 4.79 Å². The molecule has 0 radical (unpaired) electrons. The summed E-state index contributed by atoms with van der Waals surface area (Å²) >= 11 is 0. The van der Waals surface area contributed by atoms with Crippen LogP contribution in [0.25, 0.3) is 5.65 Å². The Hall–Kier alpha value is -2.44. The summed E-state index contributed by atoms with van der Waals surface area (Å²) in [7, 11) is 0. The van der Waals surface area contributed by atoms with E-state index in [2.05, 4.69) is 10.1 Å². The molecule has 2 aromatic rings. The first-order valence-electron chi connectivity index (χ1n) is 7.64. The van der Waals surface area contributed by atoms with Crippen LogP contribution in [0.3, 0.4) is 0 Å². The van der Waals surface area contributed by atoms with Gasteiger partial charge in [0.25, 0.3) is 0 Å². The fourth-order valence-electron chi connectivity index (χ4n) is 2.83. The van der Waals surface area contributed by atoms with Crippen molar-refractivity contribution in [3.05, 3.63) is 28.7 Å². The summed E-state index contributed by atoms with van der Waals surface area (Å²) in [4.78, 5) is 27.8. The van der Waals surface area contributed by atoms with Gasteiger partial charge in [-0.1, -0.05) is 0 Å².